The van der Waals surface area contributed by atoms with E-state index < -0.39 is 5.41 Å². The number of nitriles is 1. The number of amides is 1. The molecular weight excluding hydrogens is 406 g/mol. The van der Waals surface area contributed by atoms with E-state index in [9.17, 15) is 10.1 Å². The summed E-state index contributed by atoms with van der Waals surface area (Å²) < 4.78 is 0. The molecule has 0 saturated carbocycles. The minimum absolute atomic E-state index is 0.208. The molecule has 0 spiro atoms. The van der Waals surface area contributed by atoms with Crippen molar-refractivity contribution in [3.05, 3.63) is 70.5 Å². The summed E-state index contributed by atoms with van der Waals surface area (Å²) in [6.45, 7) is 7.12. The van der Waals surface area contributed by atoms with E-state index in [0.717, 1.165) is 36.6 Å². The van der Waals surface area contributed by atoms with Gasteiger partial charge in [0.2, 0.25) is 5.91 Å². The molecule has 1 N–H and O–H groups in total. The van der Waals surface area contributed by atoms with Crippen LogP contribution in [0.5, 0.6) is 0 Å². The van der Waals surface area contributed by atoms with Gasteiger partial charge in [0.05, 0.1) is 16.7 Å². The van der Waals surface area contributed by atoms with Crippen molar-refractivity contribution in [3.8, 4) is 6.07 Å². The number of nitrogens with zero attached hydrogens (tertiary/aromatic N) is 4. The Morgan fingerprint density at radius 3 is 2.39 bits per heavy atom. The molecule has 1 atom stereocenters. The average Bonchev–Trinajstić information content (AvgIpc) is 3.09. The number of carbonyl (C=O) groups excluding carboxylic acids is 1. The second kappa shape index (κ2) is 9.99. The minimum Gasteiger partial charge on any atom is -0.378 e. The summed E-state index contributed by atoms with van der Waals surface area (Å²) in [5, 5.41) is 13.9. The lowest BCUT2D eigenvalue weighted by molar-refractivity contribution is -0.122. The largest absolute Gasteiger partial charge is 0.378 e. The summed E-state index contributed by atoms with van der Waals surface area (Å²) in [5.41, 5.74) is 1.72. The third-order valence-corrected chi connectivity index (χ3v) is 6.72. The topological polar surface area (TPSA) is 72.3 Å². The van der Waals surface area contributed by atoms with Crippen molar-refractivity contribution >= 4 is 23.4 Å². The number of rotatable bonds is 9. The van der Waals surface area contributed by atoms with Gasteiger partial charge in [0.25, 0.3) is 0 Å². The Kier molecular flexibility index (Phi) is 7.37. The monoisotopic (exact) mass is 435 g/mol. The summed E-state index contributed by atoms with van der Waals surface area (Å²) >= 11 is 1.53. The average molecular weight is 436 g/mol. The van der Waals surface area contributed by atoms with E-state index in [-0.39, 0.29) is 5.91 Å². The number of benzene rings is 1. The van der Waals surface area contributed by atoms with Gasteiger partial charge >= 0.3 is 0 Å². The molecule has 7 heteroatoms. The van der Waals surface area contributed by atoms with Crippen LogP contribution in [0.3, 0.4) is 0 Å². The van der Waals surface area contributed by atoms with Crippen LogP contribution in [0.25, 0.3) is 0 Å². The first-order chi connectivity index (χ1) is 15.0. The second-order valence-corrected chi connectivity index (χ2v) is 8.68. The van der Waals surface area contributed by atoms with E-state index in [1.807, 2.05) is 49.3 Å². The number of aromatic nitrogens is 1. The van der Waals surface area contributed by atoms with Gasteiger partial charge in [-0.3, -0.25) is 9.78 Å². The van der Waals surface area contributed by atoms with Gasteiger partial charge in [-0.15, -0.1) is 11.8 Å². The third kappa shape index (κ3) is 4.32. The maximum Gasteiger partial charge on any atom is 0.245 e. The van der Waals surface area contributed by atoms with Crippen LogP contribution in [0.2, 0.25) is 0 Å². The van der Waals surface area contributed by atoms with Gasteiger partial charge in [-0.1, -0.05) is 32.0 Å². The Bertz CT molecular complexity index is 977. The van der Waals surface area contributed by atoms with Crippen molar-refractivity contribution in [2.45, 2.75) is 19.3 Å². The van der Waals surface area contributed by atoms with Gasteiger partial charge in [-0.05, 0) is 42.4 Å². The van der Waals surface area contributed by atoms with Crippen molar-refractivity contribution in [1.82, 2.24) is 15.2 Å². The number of anilines is 1. The maximum absolute atomic E-state index is 13.5. The molecule has 162 valence electrons. The summed E-state index contributed by atoms with van der Waals surface area (Å²) in [6.07, 6.45) is 3.36. The predicted molar refractivity (Wildman–Crippen MR) is 127 cm³/mol. The van der Waals surface area contributed by atoms with Crippen molar-refractivity contribution < 1.29 is 4.79 Å². The van der Waals surface area contributed by atoms with Crippen molar-refractivity contribution in [2.24, 2.45) is 0 Å². The number of pyridine rings is 1. The fraction of sp³-hybridized carbons (Fsp3) is 0.375. The Balaban J connectivity index is 2.08. The molecule has 2 aromatic rings. The fourth-order valence-corrected chi connectivity index (χ4v) is 4.98. The standard InChI is InChI=1S/C24H29N5OS/c1-5-29(6-2)14-15-31-22-21(16-25)24(23(30)27-22,19-8-7-13-26-17-19)18-9-11-20(12-10-18)28(3)4/h7-13,17H,5-6,14-15H2,1-4H3,(H,27,30). The molecule has 3 rings (SSSR count). The summed E-state index contributed by atoms with van der Waals surface area (Å²) in [7, 11) is 3.94. The molecule has 31 heavy (non-hydrogen) atoms. The van der Waals surface area contributed by atoms with E-state index in [1.54, 1.807) is 18.5 Å². The van der Waals surface area contributed by atoms with Crippen LogP contribution in [-0.2, 0) is 10.2 Å². The van der Waals surface area contributed by atoms with E-state index in [2.05, 4.69) is 35.1 Å². The van der Waals surface area contributed by atoms with Gasteiger partial charge in [0.15, 0.2) is 0 Å². The number of hydrogen-bond donors (Lipinski definition) is 1. The van der Waals surface area contributed by atoms with Crippen molar-refractivity contribution in [3.63, 3.8) is 0 Å². The molecule has 1 unspecified atom stereocenters. The lowest BCUT2D eigenvalue weighted by Crippen LogP contribution is -2.39. The SMILES string of the molecule is CCN(CC)CCSC1=C(C#N)C(c2ccc(N(C)C)cc2)(c2cccnc2)C(=O)N1. The molecule has 6 nitrogen and oxygen atoms in total. The molecule has 2 heterocycles. The van der Waals surface area contributed by atoms with Crippen LogP contribution in [0, 0.1) is 11.3 Å². The van der Waals surface area contributed by atoms with Crippen LogP contribution in [0.4, 0.5) is 5.69 Å². The third-order valence-electron chi connectivity index (χ3n) is 5.74. The van der Waals surface area contributed by atoms with Crippen molar-refractivity contribution in [1.29, 1.82) is 5.26 Å². The van der Waals surface area contributed by atoms with Crippen LogP contribution < -0.4 is 10.2 Å². The first-order valence-corrected chi connectivity index (χ1v) is 11.5. The number of carbonyl (C=O) groups is 1. The summed E-state index contributed by atoms with van der Waals surface area (Å²) in [6, 6.07) is 13.8. The molecule has 1 aliphatic heterocycles. The maximum atomic E-state index is 13.5. The quantitative estimate of drug-likeness (QED) is 0.651. The normalized spacial score (nSPS) is 18.3. The van der Waals surface area contributed by atoms with Crippen LogP contribution >= 0.6 is 11.8 Å². The first-order valence-electron chi connectivity index (χ1n) is 10.5. The van der Waals surface area contributed by atoms with E-state index in [4.69, 9.17) is 0 Å². The van der Waals surface area contributed by atoms with Gasteiger partial charge in [0.1, 0.15) is 5.41 Å². The molecule has 1 aliphatic rings. The second-order valence-electron chi connectivity index (χ2n) is 7.58. The van der Waals surface area contributed by atoms with Gasteiger partial charge in [-0.25, -0.2) is 0 Å². The molecule has 0 saturated heterocycles. The first kappa shape index (κ1) is 22.9. The van der Waals surface area contributed by atoms with Crippen LogP contribution in [0.15, 0.2) is 59.4 Å². The Labute approximate surface area is 189 Å². The number of hydrogen-bond acceptors (Lipinski definition) is 6. The molecule has 0 aliphatic carbocycles. The van der Waals surface area contributed by atoms with Crippen LogP contribution in [-0.4, -0.2) is 55.3 Å². The summed E-state index contributed by atoms with van der Waals surface area (Å²) in [4.78, 5) is 22.1. The molecule has 1 aromatic heterocycles. The molecule has 0 radical (unpaired) electrons. The van der Waals surface area contributed by atoms with E-state index in [0.29, 0.717) is 16.2 Å². The molecule has 1 amide bonds. The van der Waals surface area contributed by atoms with Gasteiger partial charge in [-0.2, -0.15) is 5.26 Å². The van der Waals surface area contributed by atoms with Crippen LogP contribution in [0.1, 0.15) is 25.0 Å². The van der Waals surface area contributed by atoms with Crippen molar-refractivity contribution in [2.75, 3.05) is 44.4 Å². The van der Waals surface area contributed by atoms with Gasteiger partial charge < -0.3 is 15.1 Å². The van der Waals surface area contributed by atoms with E-state index >= 15 is 0 Å². The lowest BCUT2D eigenvalue weighted by atomic mass is 9.70. The highest BCUT2D eigenvalue weighted by Crippen LogP contribution is 2.46. The Morgan fingerprint density at radius 1 is 1.13 bits per heavy atom. The minimum atomic E-state index is -1.20. The number of nitrogens with one attached hydrogen (secondary N) is 1. The lowest BCUT2D eigenvalue weighted by Gasteiger charge is -2.28. The Morgan fingerprint density at radius 2 is 1.84 bits per heavy atom. The highest BCUT2D eigenvalue weighted by atomic mass is 32.2. The Hall–Kier alpha value is -2.82. The zero-order valence-corrected chi connectivity index (χ0v) is 19.4. The number of thioether (sulfide) groups is 1. The highest BCUT2D eigenvalue weighted by Gasteiger charge is 2.52. The molecule has 1 aromatic carbocycles. The zero-order valence-electron chi connectivity index (χ0n) is 18.6. The fourth-order valence-electron chi connectivity index (χ4n) is 3.91. The predicted octanol–water partition coefficient (Wildman–Crippen LogP) is 3.37. The smallest absolute Gasteiger partial charge is 0.245 e. The summed E-state index contributed by atoms with van der Waals surface area (Å²) in [5.74, 6) is 0.588. The van der Waals surface area contributed by atoms with E-state index in [1.165, 1.54) is 11.8 Å². The highest BCUT2D eigenvalue weighted by molar-refractivity contribution is 8.03. The molecule has 0 bridgehead atoms. The molecule has 0 fully saturated rings. The van der Waals surface area contributed by atoms with Gasteiger partial charge in [0, 0.05) is 44.5 Å². The molecular formula is C24H29N5OS. The zero-order chi connectivity index (χ0) is 22.4.